The van der Waals surface area contributed by atoms with Gasteiger partial charge in [0.1, 0.15) is 0 Å². The summed E-state index contributed by atoms with van der Waals surface area (Å²) >= 11 is 0. The molecule has 0 saturated heterocycles. The van der Waals surface area contributed by atoms with Crippen LogP contribution in [0.3, 0.4) is 0 Å². The van der Waals surface area contributed by atoms with Crippen molar-refractivity contribution in [1.29, 1.82) is 0 Å². The summed E-state index contributed by atoms with van der Waals surface area (Å²) in [6.07, 6.45) is 1.78. The number of aliphatic imine (C=N–C) groups is 1. The van der Waals surface area contributed by atoms with Gasteiger partial charge in [0, 0.05) is 18.1 Å². The number of nitrogens with two attached hydrogens (primary N) is 1. The van der Waals surface area contributed by atoms with Crippen LogP contribution in [0.4, 0.5) is 5.69 Å². The third-order valence-electron chi connectivity index (χ3n) is 2.54. The van der Waals surface area contributed by atoms with Crippen molar-refractivity contribution in [1.82, 2.24) is 4.98 Å². The Labute approximate surface area is 107 Å². The fraction of sp³-hybridized carbons (Fsp3) is 0.286. The average Bonchev–Trinajstić information content (AvgIpc) is 2.37. The number of nitrogens with zero attached hydrogens (tertiary/aromatic N) is 2. The Kier molecular flexibility index (Phi) is 3.77. The first-order chi connectivity index (χ1) is 8.66. The van der Waals surface area contributed by atoms with E-state index in [2.05, 4.69) is 29.1 Å². The van der Waals surface area contributed by atoms with E-state index in [4.69, 9.17) is 5.73 Å². The lowest BCUT2D eigenvalue weighted by Gasteiger charge is -2.09. The predicted octanol–water partition coefficient (Wildman–Crippen LogP) is 2.62. The summed E-state index contributed by atoms with van der Waals surface area (Å²) < 4.78 is 0. The summed E-state index contributed by atoms with van der Waals surface area (Å²) in [5.74, 6) is 0.944. The molecule has 18 heavy (non-hydrogen) atoms. The van der Waals surface area contributed by atoms with E-state index in [9.17, 15) is 0 Å². The van der Waals surface area contributed by atoms with Gasteiger partial charge in [0.25, 0.3) is 0 Å². The van der Waals surface area contributed by atoms with Crippen molar-refractivity contribution in [2.75, 3.05) is 11.9 Å². The zero-order chi connectivity index (χ0) is 13.0. The van der Waals surface area contributed by atoms with E-state index in [1.807, 2.05) is 30.3 Å². The number of guanidine groups is 1. The molecule has 2 rings (SSSR count). The molecule has 3 N–H and O–H groups in total. The van der Waals surface area contributed by atoms with Crippen LogP contribution in [0.25, 0.3) is 10.9 Å². The van der Waals surface area contributed by atoms with Gasteiger partial charge in [0.05, 0.1) is 11.2 Å². The predicted molar refractivity (Wildman–Crippen MR) is 76.7 cm³/mol. The molecule has 0 fully saturated rings. The van der Waals surface area contributed by atoms with E-state index in [1.165, 1.54) is 0 Å². The zero-order valence-corrected chi connectivity index (χ0v) is 10.7. The monoisotopic (exact) mass is 242 g/mol. The second kappa shape index (κ2) is 5.49. The molecule has 0 saturated carbocycles. The van der Waals surface area contributed by atoms with Crippen molar-refractivity contribution in [2.24, 2.45) is 16.6 Å². The smallest absolute Gasteiger partial charge is 0.193 e. The molecule has 4 heteroatoms. The highest BCUT2D eigenvalue weighted by atomic mass is 15.1. The first-order valence-electron chi connectivity index (χ1n) is 6.07. The molecular weight excluding hydrogens is 224 g/mol. The molecule has 0 amide bonds. The highest BCUT2D eigenvalue weighted by Gasteiger charge is 2.02. The van der Waals surface area contributed by atoms with Crippen LogP contribution in [0, 0.1) is 5.92 Å². The third-order valence-corrected chi connectivity index (χ3v) is 2.54. The van der Waals surface area contributed by atoms with Crippen molar-refractivity contribution >= 4 is 22.5 Å². The molecule has 1 heterocycles. The number of benzene rings is 1. The fourth-order valence-corrected chi connectivity index (χ4v) is 1.67. The van der Waals surface area contributed by atoms with Crippen molar-refractivity contribution in [2.45, 2.75) is 13.8 Å². The molecule has 0 unspecified atom stereocenters. The Morgan fingerprint density at radius 2 is 2.17 bits per heavy atom. The van der Waals surface area contributed by atoms with Crippen molar-refractivity contribution in [3.05, 3.63) is 36.5 Å². The SMILES string of the molecule is CC(C)CN=C(N)Nc1cccc2ncccc12. The maximum Gasteiger partial charge on any atom is 0.193 e. The molecule has 4 nitrogen and oxygen atoms in total. The van der Waals surface area contributed by atoms with Gasteiger partial charge in [-0.3, -0.25) is 9.98 Å². The molecule has 0 atom stereocenters. The summed E-state index contributed by atoms with van der Waals surface area (Å²) in [6, 6.07) is 9.83. The number of hydrogen-bond acceptors (Lipinski definition) is 2. The van der Waals surface area contributed by atoms with Crippen LogP contribution in [0.15, 0.2) is 41.5 Å². The topological polar surface area (TPSA) is 63.3 Å². The lowest BCUT2D eigenvalue weighted by atomic mass is 10.2. The molecule has 0 spiro atoms. The molecule has 94 valence electrons. The number of hydrogen-bond donors (Lipinski definition) is 2. The normalized spacial score (nSPS) is 12.1. The third kappa shape index (κ3) is 2.97. The van der Waals surface area contributed by atoms with E-state index >= 15 is 0 Å². The summed E-state index contributed by atoms with van der Waals surface area (Å²) in [5, 5.41) is 4.17. The Bertz CT molecular complexity index is 555. The minimum atomic E-state index is 0.444. The molecule has 0 radical (unpaired) electrons. The minimum Gasteiger partial charge on any atom is -0.370 e. The van der Waals surface area contributed by atoms with Crippen LogP contribution in [0.2, 0.25) is 0 Å². The van der Waals surface area contributed by atoms with E-state index in [1.54, 1.807) is 6.20 Å². The van der Waals surface area contributed by atoms with Crippen LogP contribution in [-0.2, 0) is 0 Å². The Hall–Kier alpha value is -2.10. The standard InChI is InChI=1S/C14H18N4/c1-10(2)9-17-14(15)18-13-7-3-6-12-11(13)5-4-8-16-12/h3-8,10H,9H2,1-2H3,(H3,15,17,18). The molecule has 0 bridgehead atoms. The summed E-state index contributed by atoms with van der Waals surface area (Å²) in [5.41, 5.74) is 7.74. The number of nitrogens with one attached hydrogen (secondary N) is 1. The first kappa shape index (κ1) is 12.4. The van der Waals surface area contributed by atoms with Crippen LogP contribution < -0.4 is 11.1 Å². The van der Waals surface area contributed by atoms with Gasteiger partial charge in [-0.1, -0.05) is 19.9 Å². The van der Waals surface area contributed by atoms with Crippen LogP contribution in [0.5, 0.6) is 0 Å². The number of aromatic nitrogens is 1. The number of pyridine rings is 1. The van der Waals surface area contributed by atoms with E-state index in [-0.39, 0.29) is 0 Å². The summed E-state index contributed by atoms with van der Waals surface area (Å²) in [6.45, 7) is 4.94. The van der Waals surface area contributed by atoms with E-state index < -0.39 is 0 Å². The highest BCUT2D eigenvalue weighted by molar-refractivity contribution is 6.01. The molecule has 0 aliphatic heterocycles. The number of fused-ring (bicyclic) bond motifs is 1. The summed E-state index contributed by atoms with van der Waals surface area (Å²) in [7, 11) is 0. The van der Waals surface area contributed by atoms with Gasteiger partial charge in [-0.05, 0) is 30.2 Å². The zero-order valence-electron chi connectivity index (χ0n) is 10.7. The minimum absolute atomic E-state index is 0.444. The molecule has 2 aromatic rings. The van der Waals surface area contributed by atoms with Crippen molar-refractivity contribution in [3.63, 3.8) is 0 Å². The Morgan fingerprint density at radius 3 is 2.94 bits per heavy atom. The van der Waals surface area contributed by atoms with Gasteiger partial charge < -0.3 is 11.1 Å². The van der Waals surface area contributed by atoms with Gasteiger partial charge in [-0.25, -0.2) is 0 Å². The van der Waals surface area contributed by atoms with Crippen LogP contribution in [-0.4, -0.2) is 17.5 Å². The maximum atomic E-state index is 5.86. The van der Waals surface area contributed by atoms with Crippen LogP contribution in [0.1, 0.15) is 13.8 Å². The van der Waals surface area contributed by atoms with E-state index in [0.717, 1.165) is 23.1 Å². The van der Waals surface area contributed by atoms with Crippen molar-refractivity contribution < 1.29 is 0 Å². The van der Waals surface area contributed by atoms with Crippen LogP contribution >= 0.6 is 0 Å². The van der Waals surface area contributed by atoms with Gasteiger partial charge in [0.15, 0.2) is 5.96 Å². The quantitative estimate of drug-likeness (QED) is 0.642. The molecule has 0 aliphatic carbocycles. The highest BCUT2D eigenvalue weighted by Crippen LogP contribution is 2.20. The largest absolute Gasteiger partial charge is 0.370 e. The molecular formula is C14H18N4. The van der Waals surface area contributed by atoms with E-state index in [0.29, 0.717) is 11.9 Å². The molecule has 0 aliphatic rings. The lowest BCUT2D eigenvalue weighted by Crippen LogP contribution is -2.23. The fourth-order valence-electron chi connectivity index (χ4n) is 1.67. The molecule has 1 aromatic heterocycles. The lowest BCUT2D eigenvalue weighted by molar-refractivity contribution is 0.665. The van der Waals surface area contributed by atoms with Gasteiger partial charge in [0.2, 0.25) is 0 Å². The Balaban J connectivity index is 2.24. The average molecular weight is 242 g/mol. The first-order valence-corrected chi connectivity index (χ1v) is 6.07. The van der Waals surface area contributed by atoms with Gasteiger partial charge in [-0.15, -0.1) is 0 Å². The van der Waals surface area contributed by atoms with Gasteiger partial charge >= 0.3 is 0 Å². The second-order valence-electron chi connectivity index (χ2n) is 4.62. The molecule has 1 aromatic carbocycles. The second-order valence-corrected chi connectivity index (χ2v) is 4.62. The van der Waals surface area contributed by atoms with Gasteiger partial charge in [-0.2, -0.15) is 0 Å². The summed E-state index contributed by atoms with van der Waals surface area (Å²) in [4.78, 5) is 8.59. The number of rotatable bonds is 3. The Morgan fingerprint density at radius 1 is 1.33 bits per heavy atom. The number of anilines is 1. The van der Waals surface area contributed by atoms with Crippen molar-refractivity contribution in [3.8, 4) is 0 Å². The maximum absolute atomic E-state index is 5.86.